The van der Waals surface area contributed by atoms with E-state index in [0.717, 1.165) is 5.82 Å². The Bertz CT molecular complexity index is 739. The SMILES string of the molecule is Cc1occ(C(F)(F)F)c1CC(=O)N1CCN(C)C(c2ncc[nH]2)C1. The number of aromatic amines is 1. The third-order valence-corrected chi connectivity index (χ3v) is 4.57. The highest BCUT2D eigenvalue weighted by molar-refractivity contribution is 5.79. The van der Waals surface area contributed by atoms with Gasteiger partial charge in [0.25, 0.3) is 0 Å². The van der Waals surface area contributed by atoms with E-state index in [0.29, 0.717) is 25.9 Å². The molecule has 0 aromatic carbocycles. The lowest BCUT2D eigenvalue weighted by atomic mass is 10.1. The monoisotopic (exact) mass is 356 g/mol. The molecular formula is C16H19F3N4O2. The quantitative estimate of drug-likeness (QED) is 0.917. The van der Waals surface area contributed by atoms with Gasteiger partial charge in [-0.05, 0) is 14.0 Å². The van der Waals surface area contributed by atoms with Gasteiger partial charge >= 0.3 is 6.18 Å². The third kappa shape index (κ3) is 3.55. The molecular weight excluding hydrogens is 337 g/mol. The van der Waals surface area contributed by atoms with E-state index < -0.39 is 11.7 Å². The topological polar surface area (TPSA) is 65.4 Å². The van der Waals surface area contributed by atoms with Crippen molar-refractivity contribution in [3.05, 3.63) is 41.4 Å². The number of hydrogen-bond donors (Lipinski definition) is 1. The zero-order chi connectivity index (χ0) is 18.2. The number of likely N-dealkylation sites (N-methyl/N-ethyl adjacent to an activating group) is 1. The number of nitrogens with zero attached hydrogens (tertiary/aromatic N) is 3. The van der Waals surface area contributed by atoms with Crippen LogP contribution >= 0.6 is 0 Å². The number of carbonyl (C=O) groups is 1. The van der Waals surface area contributed by atoms with E-state index in [9.17, 15) is 18.0 Å². The Hall–Kier alpha value is -2.29. The van der Waals surface area contributed by atoms with Gasteiger partial charge in [0.1, 0.15) is 17.8 Å². The fourth-order valence-electron chi connectivity index (χ4n) is 3.06. The van der Waals surface area contributed by atoms with Crippen molar-refractivity contribution in [1.29, 1.82) is 0 Å². The van der Waals surface area contributed by atoms with Crippen LogP contribution in [0.4, 0.5) is 13.2 Å². The molecule has 25 heavy (non-hydrogen) atoms. The molecule has 1 atom stereocenters. The van der Waals surface area contributed by atoms with E-state index in [1.807, 2.05) is 7.05 Å². The van der Waals surface area contributed by atoms with E-state index in [4.69, 9.17) is 4.42 Å². The van der Waals surface area contributed by atoms with Gasteiger partial charge in [0.15, 0.2) is 0 Å². The molecule has 0 radical (unpaired) electrons. The maximum absolute atomic E-state index is 13.0. The molecule has 3 heterocycles. The first-order valence-corrected chi connectivity index (χ1v) is 7.89. The molecule has 1 unspecified atom stereocenters. The summed E-state index contributed by atoms with van der Waals surface area (Å²) in [5.74, 6) is 0.507. The number of H-pyrrole nitrogens is 1. The molecule has 1 aliphatic heterocycles. The number of furan rings is 1. The van der Waals surface area contributed by atoms with Crippen molar-refractivity contribution in [1.82, 2.24) is 19.8 Å². The second-order valence-electron chi connectivity index (χ2n) is 6.17. The Morgan fingerprint density at radius 1 is 1.44 bits per heavy atom. The van der Waals surface area contributed by atoms with Crippen LogP contribution in [-0.4, -0.2) is 52.4 Å². The highest BCUT2D eigenvalue weighted by Crippen LogP contribution is 2.35. The minimum absolute atomic E-state index is 0.0917. The lowest BCUT2D eigenvalue weighted by molar-refractivity contribution is -0.139. The molecule has 0 aliphatic carbocycles. The Balaban J connectivity index is 1.75. The number of imidazole rings is 1. The molecule has 1 saturated heterocycles. The van der Waals surface area contributed by atoms with E-state index in [1.54, 1.807) is 17.3 Å². The van der Waals surface area contributed by atoms with Gasteiger partial charge < -0.3 is 14.3 Å². The minimum Gasteiger partial charge on any atom is -0.469 e. The molecule has 1 amide bonds. The molecule has 1 N–H and O–H groups in total. The number of piperazine rings is 1. The Morgan fingerprint density at radius 3 is 2.84 bits per heavy atom. The maximum atomic E-state index is 13.0. The average molecular weight is 356 g/mol. The number of alkyl halides is 3. The number of nitrogens with one attached hydrogen (secondary N) is 1. The van der Waals surface area contributed by atoms with E-state index in [1.165, 1.54) is 6.92 Å². The number of rotatable bonds is 3. The second kappa shape index (κ2) is 6.55. The first-order chi connectivity index (χ1) is 11.8. The molecule has 2 aromatic heterocycles. The van der Waals surface area contributed by atoms with Gasteiger partial charge in [-0.1, -0.05) is 0 Å². The highest BCUT2D eigenvalue weighted by atomic mass is 19.4. The highest BCUT2D eigenvalue weighted by Gasteiger charge is 2.38. The van der Waals surface area contributed by atoms with Crippen molar-refractivity contribution in [3.63, 3.8) is 0 Å². The molecule has 3 rings (SSSR count). The lowest BCUT2D eigenvalue weighted by Crippen LogP contribution is -2.49. The van der Waals surface area contributed by atoms with Gasteiger partial charge in [0.2, 0.25) is 5.91 Å². The minimum atomic E-state index is -4.54. The van der Waals surface area contributed by atoms with Crippen LogP contribution < -0.4 is 0 Å². The zero-order valence-corrected chi connectivity index (χ0v) is 13.9. The summed E-state index contributed by atoms with van der Waals surface area (Å²) in [5.41, 5.74) is -0.971. The zero-order valence-electron chi connectivity index (χ0n) is 13.9. The first kappa shape index (κ1) is 17.5. The number of aryl methyl sites for hydroxylation is 1. The number of hydrogen-bond acceptors (Lipinski definition) is 4. The summed E-state index contributed by atoms with van der Waals surface area (Å²) in [6.45, 7) is 2.90. The van der Waals surface area contributed by atoms with Crippen molar-refractivity contribution in [3.8, 4) is 0 Å². The molecule has 0 bridgehead atoms. The van der Waals surface area contributed by atoms with Gasteiger partial charge in [0.05, 0.1) is 18.0 Å². The molecule has 1 aliphatic rings. The largest absolute Gasteiger partial charge is 0.469 e. The predicted octanol–water partition coefficient (Wildman–Crippen LogP) is 2.39. The molecule has 1 fully saturated rings. The summed E-state index contributed by atoms with van der Waals surface area (Å²) in [7, 11) is 1.93. The normalized spacial score (nSPS) is 19.4. The van der Waals surface area contributed by atoms with Crippen LogP contribution in [0.2, 0.25) is 0 Å². The molecule has 6 nitrogen and oxygen atoms in total. The van der Waals surface area contributed by atoms with Crippen molar-refractivity contribution >= 4 is 5.91 Å². The van der Waals surface area contributed by atoms with Gasteiger partial charge in [-0.15, -0.1) is 0 Å². The van der Waals surface area contributed by atoms with E-state index in [2.05, 4.69) is 14.9 Å². The van der Waals surface area contributed by atoms with Crippen LogP contribution in [0.5, 0.6) is 0 Å². The van der Waals surface area contributed by atoms with Crippen molar-refractivity contribution in [2.45, 2.75) is 25.6 Å². The van der Waals surface area contributed by atoms with Crippen LogP contribution in [0, 0.1) is 6.92 Å². The number of halogens is 3. The van der Waals surface area contributed by atoms with Gasteiger partial charge in [-0.3, -0.25) is 9.69 Å². The van der Waals surface area contributed by atoms with Crippen LogP contribution in [0.25, 0.3) is 0 Å². The smallest absolute Gasteiger partial charge is 0.419 e. The Kier molecular flexibility index (Phi) is 4.59. The fourth-order valence-corrected chi connectivity index (χ4v) is 3.06. The van der Waals surface area contributed by atoms with E-state index >= 15 is 0 Å². The number of amides is 1. The number of aromatic nitrogens is 2. The molecule has 136 valence electrons. The van der Waals surface area contributed by atoms with Gasteiger partial charge in [-0.25, -0.2) is 4.98 Å². The standard InChI is InChI=1S/C16H19F3N4O2/c1-10-11(12(9-25-10)16(17,18)19)7-14(24)23-6-5-22(2)13(8-23)15-20-3-4-21-15/h3-4,9,13H,5-8H2,1-2H3,(H,20,21). The van der Waals surface area contributed by atoms with Crippen LogP contribution in [0.3, 0.4) is 0 Å². The van der Waals surface area contributed by atoms with Gasteiger partial charge in [0, 0.05) is 37.6 Å². The summed E-state index contributed by atoms with van der Waals surface area (Å²) >= 11 is 0. The molecule has 2 aromatic rings. The summed E-state index contributed by atoms with van der Waals surface area (Å²) in [6.07, 6.45) is -0.853. The lowest BCUT2D eigenvalue weighted by Gasteiger charge is -2.38. The summed E-state index contributed by atoms with van der Waals surface area (Å²) < 4.78 is 44.0. The summed E-state index contributed by atoms with van der Waals surface area (Å²) in [4.78, 5) is 23.5. The predicted molar refractivity (Wildman–Crippen MR) is 82.7 cm³/mol. The summed E-state index contributed by atoms with van der Waals surface area (Å²) in [5, 5.41) is 0. The van der Waals surface area contributed by atoms with E-state index in [-0.39, 0.29) is 29.7 Å². The maximum Gasteiger partial charge on any atom is 0.419 e. The third-order valence-electron chi connectivity index (χ3n) is 4.57. The van der Waals surface area contributed by atoms with Crippen molar-refractivity contribution in [2.75, 3.05) is 26.7 Å². The van der Waals surface area contributed by atoms with Crippen LogP contribution in [0.1, 0.15) is 28.8 Å². The Labute approximate surface area is 142 Å². The number of carbonyl (C=O) groups excluding carboxylic acids is 1. The van der Waals surface area contributed by atoms with Crippen LogP contribution in [0.15, 0.2) is 23.1 Å². The van der Waals surface area contributed by atoms with Crippen molar-refractivity contribution < 1.29 is 22.4 Å². The first-order valence-electron chi connectivity index (χ1n) is 7.89. The molecule has 9 heteroatoms. The molecule has 0 saturated carbocycles. The second-order valence-corrected chi connectivity index (χ2v) is 6.17. The Morgan fingerprint density at radius 2 is 2.20 bits per heavy atom. The average Bonchev–Trinajstić information content (AvgIpc) is 3.18. The van der Waals surface area contributed by atoms with Crippen molar-refractivity contribution in [2.24, 2.45) is 0 Å². The molecule has 0 spiro atoms. The van der Waals surface area contributed by atoms with Gasteiger partial charge in [-0.2, -0.15) is 13.2 Å². The van der Waals surface area contributed by atoms with Crippen LogP contribution in [-0.2, 0) is 17.4 Å². The summed E-state index contributed by atoms with van der Waals surface area (Å²) in [6, 6.07) is -0.111. The fraction of sp³-hybridized carbons (Fsp3) is 0.500.